The molecule has 0 radical (unpaired) electrons. The first-order chi connectivity index (χ1) is 6.22. The van der Waals surface area contributed by atoms with Gasteiger partial charge in [-0.15, -0.1) is 0 Å². The number of aromatic nitrogens is 2. The van der Waals surface area contributed by atoms with Crippen molar-refractivity contribution in [3.05, 3.63) is 22.7 Å². The van der Waals surface area contributed by atoms with Gasteiger partial charge in [0.05, 0.1) is 18.1 Å². The van der Waals surface area contributed by atoms with Crippen LogP contribution in [0.1, 0.15) is 0 Å². The highest BCUT2D eigenvalue weighted by molar-refractivity contribution is 9.10. The lowest BCUT2D eigenvalue weighted by Gasteiger charge is -1.98. The Morgan fingerprint density at radius 1 is 1.46 bits per heavy atom. The lowest BCUT2D eigenvalue weighted by atomic mass is 10.3. The molecule has 0 saturated heterocycles. The van der Waals surface area contributed by atoms with Crippen LogP contribution in [0.4, 0.5) is 0 Å². The topological polar surface area (TPSA) is 27.1 Å². The number of ether oxygens (including phenoxy) is 1. The number of halogens is 1. The van der Waals surface area contributed by atoms with Crippen molar-refractivity contribution >= 4 is 27.0 Å². The number of rotatable bonds is 1. The highest BCUT2D eigenvalue weighted by Gasteiger charge is 2.06. The van der Waals surface area contributed by atoms with E-state index in [0.717, 1.165) is 15.5 Å². The second kappa shape index (κ2) is 3.03. The Morgan fingerprint density at radius 2 is 2.23 bits per heavy atom. The van der Waals surface area contributed by atoms with E-state index >= 15 is 0 Å². The molecule has 2 aromatic rings. The van der Waals surface area contributed by atoms with E-state index in [1.54, 1.807) is 7.11 Å². The maximum Gasteiger partial charge on any atom is 0.296 e. The molecule has 4 heteroatoms. The van der Waals surface area contributed by atoms with Gasteiger partial charge in [0, 0.05) is 11.5 Å². The maximum atomic E-state index is 5.11. The Balaban J connectivity index is 2.76. The summed E-state index contributed by atoms with van der Waals surface area (Å²) in [7, 11) is 3.55. The molecule has 0 aliphatic rings. The maximum absolute atomic E-state index is 5.11. The van der Waals surface area contributed by atoms with Crippen LogP contribution < -0.4 is 4.74 Å². The number of benzene rings is 1. The minimum Gasteiger partial charge on any atom is -0.468 e. The van der Waals surface area contributed by atoms with Crippen LogP contribution in [0.15, 0.2) is 22.7 Å². The second-order valence-electron chi connectivity index (χ2n) is 2.79. The normalized spacial score (nSPS) is 10.7. The summed E-state index contributed by atoms with van der Waals surface area (Å²) in [6.45, 7) is 0. The smallest absolute Gasteiger partial charge is 0.296 e. The van der Waals surface area contributed by atoms with Gasteiger partial charge in [0.2, 0.25) is 0 Å². The second-order valence-corrected chi connectivity index (χ2v) is 3.71. The summed E-state index contributed by atoms with van der Waals surface area (Å²) in [5.74, 6) is 0. The lowest BCUT2D eigenvalue weighted by Crippen LogP contribution is -1.93. The van der Waals surface area contributed by atoms with Crippen molar-refractivity contribution in [2.75, 3.05) is 7.11 Å². The van der Waals surface area contributed by atoms with Gasteiger partial charge in [-0.3, -0.25) is 4.57 Å². The molecule has 0 unspecified atom stereocenters. The van der Waals surface area contributed by atoms with Gasteiger partial charge < -0.3 is 4.74 Å². The predicted molar refractivity (Wildman–Crippen MR) is 55.0 cm³/mol. The van der Waals surface area contributed by atoms with E-state index in [-0.39, 0.29) is 0 Å². The largest absolute Gasteiger partial charge is 0.468 e. The third-order valence-electron chi connectivity index (χ3n) is 1.98. The Hall–Kier alpha value is -1.03. The molecule has 0 aliphatic heterocycles. The molecule has 1 aromatic carbocycles. The summed E-state index contributed by atoms with van der Waals surface area (Å²) in [6.07, 6.45) is 0. The molecule has 0 fully saturated rings. The molecule has 1 aromatic heterocycles. The summed E-state index contributed by atoms with van der Waals surface area (Å²) in [5, 5.41) is 0. The van der Waals surface area contributed by atoms with Gasteiger partial charge in [0.25, 0.3) is 6.01 Å². The number of hydrogen-bond acceptors (Lipinski definition) is 2. The summed E-state index contributed by atoms with van der Waals surface area (Å²) < 4.78 is 8.05. The predicted octanol–water partition coefficient (Wildman–Crippen LogP) is 2.34. The van der Waals surface area contributed by atoms with E-state index < -0.39 is 0 Å². The molecule has 0 spiro atoms. The van der Waals surface area contributed by atoms with Crippen LogP contribution in [0.25, 0.3) is 11.0 Å². The lowest BCUT2D eigenvalue weighted by molar-refractivity contribution is 0.368. The standard InChI is InChI=1S/C9H9BrN2O/c1-12-8-4-3-6(10)5-7(8)11-9(12)13-2/h3-5H,1-2H3. The molecule has 0 saturated carbocycles. The Kier molecular flexibility index (Phi) is 2.00. The van der Waals surface area contributed by atoms with Crippen molar-refractivity contribution in [1.82, 2.24) is 9.55 Å². The highest BCUT2D eigenvalue weighted by Crippen LogP contribution is 2.22. The van der Waals surface area contributed by atoms with E-state index in [9.17, 15) is 0 Å². The SMILES string of the molecule is COc1nc2cc(Br)ccc2n1C. The van der Waals surface area contributed by atoms with Crippen molar-refractivity contribution < 1.29 is 4.74 Å². The molecular formula is C9H9BrN2O. The molecule has 2 rings (SSSR count). The van der Waals surface area contributed by atoms with Crippen LogP contribution in [0.3, 0.4) is 0 Å². The molecule has 0 bridgehead atoms. The minimum absolute atomic E-state index is 0.633. The zero-order valence-electron chi connectivity index (χ0n) is 7.41. The molecule has 13 heavy (non-hydrogen) atoms. The van der Waals surface area contributed by atoms with Crippen LogP contribution >= 0.6 is 15.9 Å². The van der Waals surface area contributed by atoms with Gasteiger partial charge in [0.15, 0.2) is 0 Å². The first-order valence-corrected chi connectivity index (χ1v) is 4.67. The van der Waals surface area contributed by atoms with E-state index in [0.29, 0.717) is 6.01 Å². The van der Waals surface area contributed by atoms with Crippen molar-refractivity contribution in [2.45, 2.75) is 0 Å². The Bertz CT molecular complexity index is 450. The van der Waals surface area contributed by atoms with Crippen molar-refractivity contribution in [1.29, 1.82) is 0 Å². The summed E-state index contributed by atoms with van der Waals surface area (Å²) in [4.78, 5) is 4.30. The molecule has 68 valence electrons. The fourth-order valence-electron chi connectivity index (χ4n) is 1.33. The van der Waals surface area contributed by atoms with Gasteiger partial charge in [-0.05, 0) is 18.2 Å². The average Bonchev–Trinajstić information content (AvgIpc) is 2.42. The Labute approximate surface area is 84.5 Å². The van der Waals surface area contributed by atoms with Crippen molar-refractivity contribution in [3.8, 4) is 6.01 Å². The van der Waals surface area contributed by atoms with Crippen LogP contribution in [0, 0.1) is 0 Å². The monoisotopic (exact) mass is 240 g/mol. The fraction of sp³-hybridized carbons (Fsp3) is 0.222. The molecule has 0 amide bonds. The molecule has 0 N–H and O–H groups in total. The third kappa shape index (κ3) is 1.31. The quantitative estimate of drug-likeness (QED) is 0.766. The summed E-state index contributed by atoms with van der Waals surface area (Å²) in [6, 6.07) is 6.60. The van der Waals surface area contributed by atoms with Crippen molar-refractivity contribution in [2.24, 2.45) is 7.05 Å². The van der Waals surface area contributed by atoms with E-state index in [1.807, 2.05) is 29.8 Å². The number of fused-ring (bicyclic) bond motifs is 1. The third-order valence-corrected chi connectivity index (χ3v) is 2.48. The van der Waals surface area contributed by atoms with Crippen LogP contribution in [0.2, 0.25) is 0 Å². The molecule has 0 aliphatic carbocycles. The van der Waals surface area contributed by atoms with Crippen LogP contribution in [0.5, 0.6) is 6.01 Å². The highest BCUT2D eigenvalue weighted by atomic mass is 79.9. The molecule has 1 heterocycles. The Morgan fingerprint density at radius 3 is 2.92 bits per heavy atom. The number of aryl methyl sites for hydroxylation is 1. The zero-order valence-corrected chi connectivity index (χ0v) is 9.00. The van der Waals surface area contributed by atoms with Crippen LogP contribution in [-0.4, -0.2) is 16.7 Å². The summed E-state index contributed by atoms with van der Waals surface area (Å²) >= 11 is 3.40. The van der Waals surface area contributed by atoms with Gasteiger partial charge in [-0.2, -0.15) is 4.98 Å². The zero-order chi connectivity index (χ0) is 9.42. The average molecular weight is 241 g/mol. The van der Waals surface area contributed by atoms with E-state index in [1.165, 1.54) is 0 Å². The first-order valence-electron chi connectivity index (χ1n) is 3.88. The number of methoxy groups -OCH3 is 1. The van der Waals surface area contributed by atoms with Crippen LogP contribution in [-0.2, 0) is 7.05 Å². The fourth-order valence-corrected chi connectivity index (χ4v) is 1.68. The molecule has 0 atom stereocenters. The summed E-state index contributed by atoms with van der Waals surface area (Å²) in [5.41, 5.74) is 2.01. The number of nitrogens with zero attached hydrogens (tertiary/aromatic N) is 2. The van der Waals surface area contributed by atoms with Gasteiger partial charge in [-0.1, -0.05) is 15.9 Å². The van der Waals surface area contributed by atoms with Crippen molar-refractivity contribution in [3.63, 3.8) is 0 Å². The van der Waals surface area contributed by atoms with Gasteiger partial charge in [0.1, 0.15) is 0 Å². The first kappa shape index (κ1) is 8.56. The molecule has 3 nitrogen and oxygen atoms in total. The van der Waals surface area contributed by atoms with E-state index in [2.05, 4.69) is 20.9 Å². The van der Waals surface area contributed by atoms with E-state index in [4.69, 9.17) is 4.74 Å². The molecular weight excluding hydrogens is 232 g/mol. The van der Waals surface area contributed by atoms with Gasteiger partial charge in [-0.25, -0.2) is 0 Å². The minimum atomic E-state index is 0.633. The number of imidazole rings is 1. The number of hydrogen-bond donors (Lipinski definition) is 0. The van der Waals surface area contributed by atoms with Gasteiger partial charge >= 0.3 is 0 Å².